The van der Waals surface area contributed by atoms with E-state index in [1.165, 1.54) is 0 Å². The number of halogens is 3. The number of benzene rings is 1. The summed E-state index contributed by atoms with van der Waals surface area (Å²) in [6.07, 6.45) is -4.17. The molecule has 0 fully saturated rings. The van der Waals surface area contributed by atoms with Gasteiger partial charge >= 0.3 is 6.18 Å². The van der Waals surface area contributed by atoms with Gasteiger partial charge in [-0.3, -0.25) is 4.98 Å². The van der Waals surface area contributed by atoms with Crippen LogP contribution >= 0.6 is 0 Å². The zero-order valence-corrected chi connectivity index (χ0v) is 9.88. The average molecular weight is 254 g/mol. The van der Waals surface area contributed by atoms with Crippen molar-refractivity contribution in [2.45, 2.75) is 19.6 Å². The molecule has 0 spiro atoms. The number of aryl methyl sites for hydroxylation is 1. The Balaban J connectivity index is 2.08. The highest BCUT2D eigenvalue weighted by Gasteiger charge is 2.25. The molecule has 96 valence electrons. The smallest absolute Gasteiger partial charge is 0.305 e. The quantitative estimate of drug-likeness (QED) is 0.909. The number of hydrogen-bond donors (Lipinski definition) is 1. The lowest BCUT2D eigenvalue weighted by atomic mass is 10.1. The minimum absolute atomic E-state index is 0.198. The molecule has 18 heavy (non-hydrogen) atoms. The molecule has 0 saturated heterocycles. The molecular formula is C13H13F3N2. The number of aromatic nitrogens is 1. The fourth-order valence-corrected chi connectivity index (χ4v) is 1.74. The number of hydrogen-bond acceptors (Lipinski definition) is 2. The standard InChI is InChI=1S/C13H13F3N2/c1-9-2-4-11-6-10(3-5-12(11)18-9)7-17-8-13(14,15)16/h2-6,17H,7-8H2,1H3. The highest BCUT2D eigenvalue weighted by Crippen LogP contribution is 2.16. The lowest BCUT2D eigenvalue weighted by molar-refractivity contribution is -0.125. The molecule has 1 heterocycles. The third-order valence-corrected chi connectivity index (χ3v) is 2.55. The summed E-state index contributed by atoms with van der Waals surface area (Å²) in [5, 5.41) is 3.31. The van der Waals surface area contributed by atoms with Crippen LogP contribution in [0.5, 0.6) is 0 Å². The minimum atomic E-state index is -4.17. The molecule has 2 nitrogen and oxygen atoms in total. The van der Waals surface area contributed by atoms with E-state index >= 15 is 0 Å². The van der Waals surface area contributed by atoms with Gasteiger partial charge in [0.05, 0.1) is 12.1 Å². The molecule has 2 rings (SSSR count). The molecule has 0 unspecified atom stereocenters. The van der Waals surface area contributed by atoms with Gasteiger partial charge < -0.3 is 5.32 Å². The normalized spacial score (nSPS) is 12.0. The summed E-state index contributed by atoms with van der Waals surface area (Å²) in [5.41, 5.74) is 2.59. The summed E-state index contributed by atoms with van der Waals surface area (Å²) in [6, 6.07) is 9.27. The topological polar surface area (TPSA) is 24.9 Å². The van der Waals surface area contributed by atoms with Crippen LogP contribution in [-0.4, -0.2) is 17.7 Å². The summed E-state index contributed by atoms with van der Waals surface area (Å²) in [7, 11) is 0. The molecular weight excluding hydrogens is 241 g/mol. The van der Waals surface area contributed by atoms with Crippen molar-refractivity contribution in [3.05, 3.63) is 41.6 Å². The highest BCUT2D eigenvalue weighted by atomic mass is 19.4. The maximum atomic E-state index is 12.0. The van der Waals surface area contributed by atoms with Gasteiger partial charge in [-0.2, -0.15) is 13.2 Å². The van der Waals surface area contributed by atoms with E-state index in [1.54, 1.807) is 6.07 Å². The molecule has 0 radical (unpaired) electrons. The SMILES string of the molecule is Cc1ccc2cc(CNCC(F)(F)F)ccc2n1. The van der Waals surface area contributed by atoms with Crippen molar-refractivity contribution >= 4 is 10.9 Å². The zero-order valence-electron chi connectivity index (χ0n) is 9.88. The predicted octanol–water partition coefficient (Wildman–Crippen LogP) is 3.20. The molecule has 1 aromatic carbocycles. The van der Waals surface area contributed by atoms with Crippen LogP contribution in [0.2, 0.25) is 0 Å². The van der Waals surface area contributed by atoms with E-state index < -0.39 is 12.7 Å². The van der Waals surface area contributed by atoms with Gasteiger partial charge in [-0.25, -0.2) is 0 Å². The molecule has 0 saturated carbocycles. The fraction of sp³-hybridized carbons (Fsp3) is 0.308. The Hall–Kier alpha value is -1.62. The van der Waals surface area contributed by atoms with Crippen molar-refractivity contribution in [1.29, 1.82) is 0 Å². The van der Waals surface area contributed by atoms with E-state index in [4.69, 9.17) is 0 Å². The number of alkyl halides is 3. The first kappa shape index (κ1) is 12.8. The van der Waals surface area contributed by atoms with Crippen molar-refractivity contribution < 1.29 is 13.2 Å². The van der Waals surface area contributed by atoms with Crippen LogP contribution in [0.4, 0.5) is 13.2 Å². The summed E-state index contributed by atoms with van der Waals surface area (Å²) in [5.74, 6) is 0. The van der Waals surface area contributed by atoms with Crippen molar-refractivity contribution in [2.24, 2.45) is 0 Å². The summed E-state index contributed by atoms with van der Waals surface area (Å²) in [4.78, 5) is 4.34. The molecule has 0 aliphatic rings. The van der Waals surface area contributed by atoms with Crippen LogP contribution in [0.15, 0.2) is 30.3 Å². The molecule has 2 aromatic rings. The lowest BCUT2D eigenvalue weighted by Crippen LogP contribution is -2.28. The Labute approximate surface area is 103 Å². The van der Waals surface area contributed by atoms with E-state index in [-0.39, 0.29) is 6.54 Å². The van der Waals surface area contributed by atoms with Gasteiger partial charge in [0.2, 0.25) is 0 Å². The largest absolute Gasteiger partial charge is 0.401 e. The first-order chi connectivity index (χ1) is 8.44. The molecule has 0 aliphatic heterocycles. The van der Waals surface area contributed by atoms with Crippen molar-refractivity contribution in [3.63, 3.8) is 0 Å². The average Bonchev–Trinajstić information content (AvgIpc) is 2.27. The van der Waals surface area contributed by atoms with Crippen molar-refractivity contribution in [2.75, 3.05) is 6.54 Å². The Morgan fingerprint density at radius 1 is 1.17 bits per heavy atom. The first-order valence-corrected chi connectivity index (χ1v) is 5.58. The summed E-state index contributed by atoms with van der Waals surface area (Å²) >= 11 is 0. The monoisotopic (exact) mass is 254 g/mol. The third-order valence-electron chi connectivity index (χ3n) is 2.55. The van der Waals surface area contributed by atoms with Crippen LogP contribution in [0, 0.1) is 6.92 Å². The lowest BCUT2D eigenvalue weighted by Gasteiger charge is -2.08. The number of nitrogens with one attached hydrogen (secondary N) is 1. The first-order valence-electron chi connectivity index (χ1n) is 5.58. The van der Waals surface area contributed by atoms with Crippen molar-refractivity contribution in [3.8, 4) is 0 Å². The Morgan fingerprint density at radius 2 is 1.94 bits per heavy atom. The van der Waals surface area contributed by atoms with Crippen molar-refractivity contribution in [1.82, 2.24) is 10.3 Å². The van der Waals surface area contributed by atoms with Gasteiger partial charge in [-0.05, 0) is 30.7 Å². The maximum Gasteiger partial charge on any atom is 0.401 e. The molecule has 0 aliphatic carbocycles. The van der Waals surface area contributed by atoms with Gasteiger partial charge in [0, 0.05) is 17.6 Å². The Bertz CT molecular complexity index is 549. The van der Waals surface area contributed by atoms with Crippen LogP contribution in [0.3, 0.4) is 0 Å². The van der Waals surface area contributed by atoms with Gasteiger partial charge in [0.25, 0.3) is 0 Å². The highest BCUT2D eigenvalue weighted by molar-refractivity contribution is 5.79. The van der Waals surface area contributed by atoms with Crippen LogP contribution in [-0.2, 0) is 6.54 Å². The van der Waals surface area contributed by atoms with E-state index in [9.17, 15) is 13.2 Å². The summed E-state index contributed by atoms with van der Waals surface area (Å²) < 4.78 is 35.9. The van der Waals surface area contributed by atoms with Gasteiger partial charge in [0.1, 0.15) is 0 Å². The van der Waals surface area contributed by atoms with Gasteiger partial charge in [-0.15, -0.1) is 0 Å². The van der Waals surface area contributed by atoms with E-state index in [1.807, 2.05) is 31.2 Å². The third kappa shape index (κ3) is 3.43. The van der Waals surface area contributed by atoms with E-state index in [0.29, 0.717) is 0 Å². The summed E-state index contributed by atoms with van der Waals surface area (Å²) in [6.45, 7) is 1.12. The number of nitrogens with zero attached hydrogens (tertiary/aromatic N) is 1. The van der Waals surface area contributed by atoms with Crippen LogP contribution < -0.4 is 5.32 Å². The molecule has 0 bridgehead atoms. The zero-order chi connectivity index (χ0) is 13.2. The van der Waals surface area contributed by atoms with Gasteiger partial charge in [0.15, 0.2) is 0 Å². The van der Waals surface area contributed by atoms with Crippen LogP contribution in [0.1, 0.15) is 11.3 Å². The van der Waals surface area contributed by atoms with Crippen LogP contribution in [0.25, 0.3) is 10.9 Å². The molecule has 1 N–H and O–H groups in total. The second-order valence-electron chi connectivity index (χ2n) is 4.20. The Morgan fingerprint density at radius 3 is 2.67 bits per heavy atom. The van der Waals surface area contributed by atoms with E-state index in [2.05, 4.69) is 10.3 Å². The Kier molecular flexibility index (Phi) is 3.52. The minimum Gasteiger partial charge on any atom is -0.305 e. The fourth-order valence-electron chi connectivity index (χ4n) is 1.74. The second-order valence-corrected chi connectivity index (χ2v) is 4.20. The van der Waals surface area contributed by atoms with E-state index in [0.717, 1.165) is 22.2 Å². The second kappa shape index (κ2) is 4.94. The predicted molar refractivity (Wildman–Crippen MR) is 64.2 cm³/mol. The molecule has 1 aromatic heterocycles. The maximum absolute atomic E-state index is 12.0. The van der Waals surface area contributed by atoms with Gasteiger partial charge in [-0.1, -0.05) is 12.1 Å². The number of pyridine rings is 1. The molecule has 0 atom stereocenters. The number of fused-ring (bicyclic) bond motifs is 1. The molecule has 0 amide bonds. The molecule has 5 heteroatoms. The number of rotatable bonds is 3.